The smallest absolute Gasteiger partial charge is 0.100 e. The molecule has 1 aliphatic rings. The van der Waals surface area contributed by atoms with E-state index in [4.69, 9.17) is 5.10 Å². The molecule has 0 radical (unpaired) electrons. The summed E-state index contributed by atoms with van der Waals surface area (Å²) in [6.07, 6.45) is 2.30. The van der Waals surface area contributed by atoms with Gasteiger partial charge in [-0.1, -0.05) is 42.5 Å². The minimum absolute atomic E-state index is 0. The van der Waals surface area contributed by atoms with E-state index in [1.54, 1.807) is 0 Å². The molecule has 138 valence electrons. The van der Waals surface area contributed by atoms with Crippen molar-refractivity contribution in [2.24, 2.45) is 7.05 Å². The van der Waals surface area contributed by atoms with Gasteiger partial charge < -0.3 is 10.2 Å². The minimum Gasteiger partial charge on any atom is -0.314 e. The summed E-state index contributed by atoms with van der Waals surface area (Å²) in [6, 6.07) is 17.1. The Balaban J connectivity index is 0.00000196. The standard InChI is InChI=1S/C21H26N4.ClH/c1-24-19-11-5-9-17(10-6-14-25-15-12-22-13-16-25)20(19)21(23-24)18-7-3-2-4-8-18;/h2-5,7-9,11,22H,6,10,12-16H2,1H3;1H. The van der Waals surface area contributed by atoms with Gasteiger partial charge in [0, 0.05) is 44.2 Å². The summed E-state index contributed by atoms with van der Waals surface area (Å²) in [7, 11) is 2.04. The Bertz CT molecular complexity index is 838. The number of aryl methyl sites for hydroxylation is 2. The molecule has 2 heterocycles. The number of nitrogens with zero attached hydrogens (tertiary/aromatic N) is 3. The first-order chi connectivity index (χ1) is 12.3. The first kappa shape index (κ1) is 18.9. The summed E-state index contributed by atoms with van der Waals surface area (Å²) in [5.41, 5.74) is 4.94. The second-order valence-corrected chi connectivity index (χ2v) is 6.84. The van der Waals surface area contributed by atoms with E-state index in [1.807, 2.05) is 11.7 Å². The van der Waals surface area contributed by atoms with Gasteiger partial charge in [-0.15, -0.1) is 12.4 Å². The van der Waals surface area contributed by atoms with Crippen LogP contribution in [0.25, 0.3) is 22.2 Å². The monoisotopic (exact) mass is 370 g/mol. The van der Waals surface area contributed by atoms with Crippen molar-refractivity contribution in [1.29, 1.82) is 0 Å². The van der Waals surface area contributed by atoms with Crippen molar-refractivity contribution in [1.82, 2.24) is 20.0 Å². The van der Waals surface area contributed by atoms with Crippen LogP contribution in [0.3, 0.4) is 0 Å². The zero-order chi connectivity index (χ0) is 17.1. The normalized spacial score (nSPS) is 15.1. The summed E-state index contributed by atoms with van der Waals surface area (Å²) in [5.74, 6) is 0. The van der Waals surface area contributed by atoms with Crippen molar-refractivity contribution in [3.05, 3.63) is 54.1 Å². The first-order valence-corrected chi connectivity index (χ1v) is 9.26. The third-order valence-corrected chi connectivity index (χ3v) is 5.14. The van der Waals surface area contributed by atoms with Crippen LogP contribution in [0.1, 0.15) is 12.0 Å². The molecule has 3 aromatic rings. The molecule has 1 N–H and O–H groups in total. The van der Waals surface area contributed by atoms with Crippen molar-refractivity contribution < 1.29 is 0 Å². The van der Waals surface area contributed by atoms with Gasteiger partial charge in [0.2, 0.25) is 0 Å². The summed E-state index contributed by atoms with van der Waals surface area (Å²) in [4.78, 5) is 2.57. The van der Waals surface area contributed by atoms with Crippen LogP contribution in [-0.4, -0.2) is 47.4 Å². The van der Waals surface area contributed by atoms with E-state index in [0.717, 1.165) is 25.2 Å². The molecule has 1 aromatic heterocycles. The van der Waals surface area contributed by atoms with Crippen LogP contribution in [0.4, 0.5) is 0 Å². The van der Waals surface area contributed by atoms with Gasteiger partial charge in [0.25, 0.3) is 0 Å². The molecule has 4 nitrogen and oxygen atoms in total. The molecule has 1 fully saturated rings. The number of aromatic nitrogens is 2. The molecule has 26 heavy (non-hydrogen) atoms. The molecule has 5 heteroatoms. The highest BCUT2D eigenvalue weighted by Gasteiger charge is 2.15. The van der Waals surface area contributed by atoms with E-state index in [0.29, 0.717) is 0 Å². The number of piperazine rings is 1. The second-order valence-electron chi connectivity index (χ2n) is 6.84. The van der Waals surface area contributed by atoms with E-state index >= 15 is 0 Å². The Kier molecular flexibility index (Phi) is 6.30. The topological polar surface area (TPSA) is 33.1 Å². The zero-order valence-corrected chi connectivity index (χ0v) is 16.1. The molecular weight excluding hydrogens is 344 g/mol. The van der Waals surface area contributed by atoms with Crippen molar-refractivity contribution in [3.63, 3.8) is 0 Å². The molecule has 0 spiro atoms. The van der Waals surface area contributed by atoms with E-state index < -0.39 is 0 Å². The van der Waals surface area contributed by atoms with Crippen LogP contribution in [0.15, 0.2) is 48.5 Å². The lowest BCUT2D eigenvalue weighted by atomic mass is 10.00. The van der Waals surface area contributed by atoms with E-state index in [-0.39, 0.29) is 12.4 Å². The maximum Gasteiger partial charge on any atom is 0.100 e. The molecule has 0 atom stereocenters. The number of hydrogen-bond donors (Lipinski definition) is 1. The number of fused-ring (bicyclic) bond motifs is 1. The Morgan fingerprint density at radius 3 is 2.54 bits per heavy atom. The van der Waals surface area contributed by atoms with E-state index in [2.05, 4.69) is 58.7 Å². The SMILES string of the molecule is Cl.Cn1nc(-c2ccccc2)c2c(CCCN3CCNCC3)cccc21. The molecule has 1 saturated heterocycles. The average molecular weight is 371 g/mol. The lowest BCUT2D eigenvalue weighted by molar-refractivity contribution is 0.238. The Morgan fingerprint density at radius 2 is 1.77 bits per heavy atom. The number of hydrogen-bond acceptors (Lipinski definition) is 3. The maximum absolute atomic E-state index is 4.82. The van der Waals surface area contributed by atoms with Crippen molar-refractivity contribution >= 4 is 23.3 Å². The number of rotatable bonds is 5. The average Bonchev–Trinajstić information content (AvgIpc) is 3.01. The van der Waals surface area contributed by atoms with Crippen molar-refractivity contribution in [2.45, 2.75) is 12.8 Å². The van der Waals surface area contributed by atoms with Gasteiger partial charge in [-0.25, -0.2) is 0 Å². The third kappa shape index (κ3) is 3.93. The number of nitrogens with one attached hydrogen (secondary N) is 1. The predicted molar refractivity (Wildman–Crippen MR) is 111 cm³/mol. The van der Waals surface area contributed by atoms with Crippen LogP contribution in [0.2, 0.25) is 0 Å². The lowest BCUT2D eigenvalue weighted by Crippen LogP contribution is -2.43. The third-order valence-electron chi connectivity index (χ3n) is 5.14. The van der Waals surface area contributed by atoms with Gasteiger partial charge >= 0.3 is 0 Å². The summed E-state index contributed by atoms with van der Waals surface area (Å²) in [5, 5.41) is 9.56. The zero-order valence-electron chi connectivity index (χ0n) is 15.3. The quantitative estimate of drug-likeness (QED) is 0.746. The van der Waals surface area contributed by atoms with Crippen molar-refractivity contribution in [2.75, 3.05) is 32.7 Å². The van der Waals surface area contributed by atoms with E-state index in [9.17, 15) is 0 Å². The largest absolute Gasteiger partial charge is 0.314 e. The van der Waals surface area contributed by atoms with Gasteiger partial charge in [-0.2, -0.15) is 5.10 Å². The van der Waals surface area contributed by atoms with Crippen LogP contribution in [0, 0.1) is 0 Å². The molecule has 0 saturated carbocycles. The lowest BCUT2D eigenvalue weighted by Gasteiger charge is -2.27. The van der Waals surface area contributed by atoms with Crippen LogP contribution < -0.4 is 5.32 Å². The van der Waals surface area contributed by atoms with Crippen LogP contribution in [0.5, 0.6) is 0 Å². The predicted octanol–water partition coefficient (Wildman–Crippen LogP) is 3.50. The highest BCUT2D eigenvalue weighted by molar-refractivity contribution is 5.95. The fourth-order valence-electron chi connectivity index (χ4n) is 3.82. The fraction of sp³-hybridized carbons (Fsp3) is 0.381. The van der Waals surface area contributed by atoms with E-state index in [1.165, 1.54) is 48.1 Å². The minimum atomic E-state index is 0. The Morgan fingerprint density at radius 1 is 1.00 bits per heavy atom. The maximum atomic E-state index is 4.82. The Labute approximate surface area is 161 Å². The second kappa shape index (κ2) is 8.67. The number of halogens is 1. The highest BCUT2D eigenvalue weighted by Crippen LogP contribution is 2.30. The summed E-state index contributed by atoms with van der Waals surface area (Å²) >= 11 is 0. The van der Waals surface area contributed by atoms with Crippen LogP contribution in [-0.2, 0) is 13.5 Å². The molecule has 0 aliphatic carbocycles. The molecule has 0 amide bonds. The first-order valence-electron chi connectivity index (χ1n) is 9.26. The van der Waals surface area contributed by atoms with Gasteiger partial charge in [0.1, 0.15) is 5.69 Å². The summed E-state index contributed by atoms with van der Waals surface area (Å²) in [6.45, 7) is 5.77. The molecule has 1 aliphatic heterocycles. The summed E-state index contributed by atoms with van der Waals surface area (Å²) < 4.78 is 2.01. The number of benzene rings is 2. The van der Waals surface area contributed by atoms with Gasteiger partial charge in [0.05, 0.1) is 5.52 Å². The van der Waals surface area contributed by atoms with Crippen molar-refractivity contribution in [3.8, 4) is 11.3 Å². The molecule has 4 rings (SSSR count). The molecular formula is C21H27ClN4. The molecule has 0 unspecified atom stereocenters. The Hall–Kier alpha value is -1.88. The molecule has 0 bridgehead atoms. The molecule has 2 aromatic carbocycles. The van der Waals surface area contributed by atoms with Gasteiger partial charge in [0.15, 0.2) is 0 Å². The van der Waals surface area contributed by atoms with Gasteiger partial charge in [-0.3, -0.25) is 4.68 Å². The van der Waals surface area contributed by atoms with Gasteiger partial charge in [-0.05, 0) is 31.0 Å². The van der Waals surface area contributed by atoms with Crippen LogP contribution >= 0.6 is 12.4 Å². The fourth-order valence-corrected chi connectivity index (χ4v) is 3.82. The highest BCUT2D eigenvalue weighted by atomic mass is 35.5.